The van der Waals surface area contributed by atoms with Crippen molar-refractivity contribution < 1.29 is 4.74 Å². The van der Waals surface area contributed by atoms with Crippen LogP contribution in [0.4, 0.5) is 0 Å². The van der Waals surface area contributed by atoms with E-state index in [9.17, 15) is 0 Å². The molecule has 0 aliphatic carbocycles. The highest BCUT2D eigenvalue weighted by molar-refractivity contribution is 5.85. The fraction of sp³-hybridized carbons (Fsp3) is 0.450. The third-order valence-electron chi connectivity index (χ3n) is 4.76. The molecular weight excluding hydrogens is 334 g/mol. The van der Waals surface area contributed by atoms with Gasteiger partial charge in [0.15, 0.2) is 0 Å². The molecule has 1 aromatic heterocycles. The summed E-state index contributed by atoms with van der Waals surface area (Å²) in [5, 5.41) is 0. The van der Waals surface area contributed by atoms with E-state index in [1.165, 1.54) is 16.7 Å². The zero-order valence-corrected chi connectivity index (χ0v) is 16.1. The van der Waals surface area contributed by atoms with Gasteiger partial charge in [-0.05, 0) is 48.6 Å². The van der Waals surface area contributed by atoms with E-state index in [4.69, 9.17) is 10.5 Å². The number of ether oxygens (including phenoxy) is 1. The van der Waals surface area contributed by atoms with E-state index in [1.54, 1.807) is 6.20 Å². The van der Waals surface area contributed by atoms with Crippen molar-refractivity contribution in [2.24, 2.45) is 11.7 Å². The molecule has 0 amide bonds. The largest absolute Gasteiger partial charge is 0.487 e. The topological polar surface area (TPSA) is 51.4 Å². The number of aromatic nitrogens is 1. The number of halogens is 1. The summed E-state index contributed by atoms with van der Waals surface area (Å²) in [6.07, 6.45) is 1.79. The second-order valence-corrected chi connectivity index (χ2v) is 7.00. The lowest BCUT2D eigenvalue weighted by Gasteiger charge is -2.18. The van der Waals surface area contributed by atoms with Crippen LogP contribution in [-0.2, 0) is 13.2 Å². The van der Waals surface area contributed by atoms with Crippen molar-refractivity contribution in [1.29, 1.82) is 0 Å². The molecule has 0 saturated carbocycles. The Balaban J connectivity index is 0.00000225. The van der Waals surface area contributed by atoms with Gasteiger partial charge in [0.05, 0.1) is 5.69 Å². The first-order chi connectivity index (χ1) is 11.5. The smallest absolute Gasteiger partial charge is 0.130 e. The van der Waals surface area contributed by atoms with Crippen LogP contribution in [0.25, 0.3) is 0 Å². The Kier molecular flexibility index (Phi) is 6.82. The molecule has 1 saturated heterocycles. The van der Waals surface area contributed by atoms with Crippen LogP contribution in [0, 0.1) is 19.8 Å². The molecule has 1 aliphatic heterocycles. The summed E-state index contributed by atoms with van der Waals surface area (Å²) in [4.78, 5) is 6.75. The molecule has 1 aromatic carbocycles. The molecule has 2 aromatic rings. The number of hydrogen-bond donors (Lipinski definition) is 1. The van der Waals surface area contributed by atoms with Gasteiger partial charge in [0, 0.05) is 31.9 Å². The zero-order chi connectivity index (χ0) is 17.1. The fourth-order valence-corrected chi connectivity index (χ4v) is 3.47. The number of aryl methyl sites for hydroxylation is 2. The Morgan fingerprint density at radius 1 is 1.20 bits per heavy atom. The van der Waals surface area contributed by atoms with Gasteiger partial charge in [-0.15, -0.1) is 12.4 Å². The third kappa shape index (κ3) is 4.94. The molecule has 2 N–H and O–H groups in total. The summed E-state index contributed by atoms with van der Waals surface area (Å²) >= 11 is 0. The van der Waals surface area contributed by atoms with Crippen LogP contribution in [-0.4, -0.2) is 29.0 Å². The van der Waals surface area contributed by atoms with Crippen LogP contribution in [0.5, 0.6) is 5.75 Å². The maximum Gasteiger partial charge on any atom is 0.130 e. The molecular formula is C20H28ClN3O. The minimum absolute atomic E-state index is 0. The zero-order valence-electron chi connectivity index (χ0n) is 15.2. The lowest BCUT2D eigenvalue weighted by atomic mass is 10.1. The molecule has 5 heteroatoms. The van der Waals surface area contributed by atoms with E-state index in [0.29, 0.717) is 18.6 Å². The second-order valence-electron chi connectivity index (χ2n) is 7.00. The van der Waals surface area contributed by atoms with Crippen LogP contribution in [0.2, 0.25) is 0 Å². The number of pyridine rings is 1. The summed E-state index contributed by atoms with van der Waals surface area (Å²) < 4.78 is 6.02. The van der Waals surface area contributed by atoms with Gasteiger partial charge in [0.1, 0.15) is 12.4 Å². The van der Waals surface area contributed by atoms with Gasteiger partial charge in [-0.25, -0.2) is 0 Å². The summed E-state index contributed by atoms with van der Waals surface area (Å²) in [5.74, 6) is 1.55. The van der Waals surface area contributed by atoms with Crippen molar-refractivity contribution >= 4 is 12.4 Å². The first-order valence-corrected chi connectivity index (χ1v) is 8.63. The quantitative estimate of drug-likeness (QED) is 0.885. The molecule has 2 heterocycles. The van der Waals surface area contributed by atoms with Crippen molar-refractivity contribution in [3.8, 4) is 5.75 Å². The summed E-state index contributed by atoms with van der Waals surface area (Å²) in [7, 11) is 0. The van der Waals surface area contributed by atoms with Crippen molar-refractivity contribution in [2.75, 3.05) is 13.1 Å². The molecule has 3 rings (SSSR count). The first kappa shape index (κ1) is 19.7. The predicted octanol–water partition coefficient (Wildman–Crippen LogP) is 3.48. The van der Waals surface area contributed by atoms with Crippen LogP contribution in [0.15, 0.2) is 36.5 Å². The van der Waals surface area contributed by atoms with Crippen molar-refractivity contribution in [3.05, 3.63) is 58.9 Å². The highest BCUT2D eigenvalue weighted by Gasteiger charge is 2.26. The maximum atomic E-state index is 6.13. The van der Waals surface area contributed by atoms with E-state index in [0.717, 1.165) is 31.1 Å². The van der Waals surface area contributed by atoms with Crippen LogP contribution >= 0.6 is 12.4 Å². The number of rotatable bonds is 5. The van der Waals surface area contributed by atoms with Crippen LogP contribution in [0.3, 0.4) is 0 Å². The van der Waals surface area contributed by atoms with E-state index in [1.807, 2.05) is 18.2 Å². The van der Waals surface area contributed by atoms with Crippen LogP contribution < -0.4 is 10.5 Å². The SMILES string of the molecule is Cc1cc(CN2CC(C)C(N)C2)cc(C)c1OCc1ccccn1.Cl. The minimum atomic E-state index is 0. The van der Waals surface area contributed by atoms with Gasteiger partial charge in [-0.1, -0.05) is 25.1 Å². The van der Waals surface area contributed by atoms with E-state index >= 15 is 0 Å². The van der Waals surface area contributed by atoms with Crippen molar-refractivity contribution in [1.82, 2.24) is 9.88 Å². The Morgan fingerprint density at radius 3 is 2.48 bits per heavy atom. The number of hydrogen-bond acceptors (Lipinski definition) is 4. The average Bonchev–Trinajstić information content (AvgIpc) is 2.85. The van der Waals surface area contributed by atoms with Gasteiger partial charge >= 0.3 is 0 Å². The van der Waals surface area contributed by atoms with E-state index < -0.39 is 0 Å². The van der Waals surface area contributed by atoms with Crippen LogP contribution in [0.1, 0.15) is 29.3 Å². The van der Waals surface area contributed by atoms with E-state index in [2.05, 4.69) is 42.8 Å². The monoisotopic (exact) mass is 361 g/mol. The lowest BCUT2D eigenvalue weighted by Crippen LogP contribution is -2.28. The summed E-state index contributed by atoms with van der Waals surface area (Å²) in [5.41, 5.74) is 10.8. The molecule has 25 heavy (non-hydrogen) atoms. The van der Waals surface area contributed by atoms with E-state index in [-0.39, 0.29) is 12.4 Å². The standard InChI is InChI=1S/C20H27N3O.ClH/c1-14-8-17(11-23-10-16(3)19(21)12-23)9-15(2)20(14)24-13-18-6-4-5-7-22-18;/h4-9,16,19H,10-13,21H2,1-3H3;1H. The number of nitrogens with zero attached hydrogens (tertiary/aromatic N) is 2. The van der Waals surface area contributed by atoms with Crippen molar-refractivity contribution in [3.63, 3.8) is 0 Å². The number of benzene rings is 1. The molecule has 0 radical (unpaired) electrons. The lowest BCUT2D eigenvalue weighted by molar-refractivity contribution is 0.296. The molecule has 1 fully saturated rings. The van der Waals surface area contributed by atoms with Gasteiger partial charge in [0.25, 0.3) is 0 Å². The Morgan fingerprint density at radius 2 is 1.92 bits per heavy atom. The van der Waals surface area contributed by atoms with Gasteiger partial charge in [-0.3, -0.25) is 9.88 Å². The third-order valence-corrected chi connectivity index (χ3v) is 4.76. The molecule has 136 valence electrons. The highest BCUT2D eigenvalue weighted by Crippen LogP contribution is 2.27. The molecule has 2 unspecified atom stereocenters. The Labute approximate surface area is 156 Å². The molecule has 0 spiro atoms. The summed E-state index contributed by atoms with van der Waals surface area (Å²) in [6.45, 7) is 9.98. The van der Waals surface area contributed by atoms with Gasteiger partial charge in [-0.2, -0.15) is 0 Å². The second kappa shape index (κ2) is 8.65. The maximum absolute atomic E-state index is 6.13. The number of likely N-dealkylation sites (tertiary alicyclic amines) is 1. The molecule has 0 bridgehead atoms. The Bertz CT molecular complexity index is 660. The number of nitrogens with two attached hydrogens (primary N) is 1. The Hall–Kier alpha value is -1.62. The first-order valence-electron chi connectivity index (χ1n) is 8.63. The summed E-state index contributed by atoms with van der Waals surface area (Å²) in [6, 6.07) is 10.6. The average molecular weight is 362 g/mol. The fourth-order valence-electron chi connectivity index (χ4n) is 3.47. The molecule has 1 aliphatic rings. The van der Waals surface area contributed by atoms with Gasteiger partial charge < -0.3 is 10.5 Å². The van der Waals surface area contributed by atoms with Gasteiger partial charge in [0.2, 0.25) is 0 Å². The predicted molar refractivity (Wildman–Crippen MR) is 104 cm³/mol. The molecule has 4 nitrogen and oxygen atoms in total. The molecule has 2 atom stereocenters. The minimum Gasteiger partial charge on any atom is -0.487 e. The highest BCUT2D eigenvalue weighted by atomic mass is 35.5. The van der Waals surface area contributed by atoms with Crippen molar-refractivity contribution in [2.45, 2.75) is 40.0 Å². The normalized spacial score (nSPS) is 20.3.